The second kappa shape index (κ2) is 5.95. The Hall–Kier alpha value is -1.43. The molecule has 0 aromatic carbocycles. The quantitative estimate of drug-likeness (QED) is 0.754. The van der Waals surface area contributed by atoms with Crippen LogP contribution in [0.3, 0.4) is 0 Å². The largest absolute Gasteiger partial charge is 0.342 e. The van der Waals surface area contributed by atoms with Gasteiger partial charge in [-0.1, -0.05) is 0 Å². The summed E-state index contributed by atoms with van der Waals surface area (Å²) < 4.78 is 0. The van der Waals surface area contributed by atoms with Gasteiger partial charge in [-0.3, -0.25) is 9.59 Å². The van der Waals surface area contributed by atoms with Crippen LogP contribution in [0, 0.1) is 6.92 Å². The average molecular weight is 267 g/mol. The fourth-order valence-electron chi connectivity index (χ4n) is 1.97. The lowest BCUT2D eigenvalue weighted by molar-refractivity contribution is -0.135. The SMILES string of the molecule is Cc1csc(CCC(=O)N2CCN(C=O)CC2)n1. The zero-order valence-corrected chi connectivity index (χ0v) is 11.3. The second-order valence-corrected chi connectivity index (χ2v) is 5.35. The van der Waals surface area contributed by atoms with Crippen LogP contribution in [0.15, 0.2) is 5.38 Å². The van der Waals surface area contributed by atoms with E-state index in [2.05, 4.69) is 4.98 Å². The number of hydrogen-bond donors (Lipinski definition) is 0. The lowest BCUT2D eigenvalue weighted by Gasteiger charge is -2.32. The molecule has 0 bridgehead atoms. The molecule has 2 rings (SSSR count). The van der Waals surface area contributed by atoms with Gasteiger partial charge in [0.25, 0.3) is 0 Å². The van der Waals surface area contributed by atoms with E-state index in [1.807, 2.05) is 17.2 Å². The molecule has 18 heavy (non-hydrogen) atoms. The maximum absolute atomic E-state index is 12.0. The minimum Gasteiger partial charge on any atom is -0.342 e. The van der Waals surface area contributed by atoms with Crippen LogP contribution in [0.4, 0.5) is 0 Å². The van der Waals surface area contributed by atoms with Crippen molar-refractivity contribution in [3.63, 3.8) is 0 Å². The molecule has 5 nitrogen and oxygen atoms in total. The maximum Gasteiger partial charge on any atom is 0.223 e. The molecule has 0 spiro atoms. The molecule has 0 saturated carbocycles. The van der Waals surface area contributed by atoms with Crippen molar-refractivity contribution in [3.8, 4) is 0 Å². The normalized spacial score (nSPS) is 15.8. The van der Waals surface area contributed by atoms with E-state index < -0.39 is 0 Å². The first-order chi connectivity index (χ1) is 8.69. The Kier molecular flexibility index (Phi) is 4.30. The summed E-state index contributed by atoms with van der Waals surface area (Å²) >= 11 is 1.61. The third-order valence-electron chi connectivity index (χ3n) is 3.04. The molecule has 2 amide bonds. The van der Waals surface area contributed by atoms with Crippen molar-refractivity contribution in [1.82, 2.24) is 14.8 Å². The van der Waals surface area contributed by atoms with Crippen molar-refractivity contribution in [2.75, 3.05) is 26.2 Å². The Bertz CT molecular complexity index is 425. The third-order valence-corrected chi connectivity index (χ3v) is 4.06. The smallest absolute Gasteiger partial charge is 0.223 e. The highest BCUT2D eigenvalue weighted by molar-refractivity contribution is 7.09. The van der Waals surface area contributed by atoms with E-state index in [4.69, 9.17) is 0 Å². The van der Waals surface area contributed by atoms with E-state index in [1.54, 1.807) is 16.2 Å². The van der Waals surface area contributed by atoms with Crippen molar-refractivity contribution >= 4 is 23.7 Å². The summed E-state index contributed by atoms with van der Waals surface area (Å²) in [4.78, 5) is 30.4. The molecule has 1 fully saturated rings. The summed E-state index contributed by atoms with van der Waals surface area (Å²) in [5.74, 6) is 0.161. The van der Waals surface area contributed by atoms with Crippen LogP contribution < -0.4 is 0 Å². The molecule has 0 unspecified atom stereocenters. The maximum atomic E-state index is 12.0. The summed E-state index contributed by atoms with van der Waals surface area (Å²) in [5, 5.41) is 3.02. The van der Waals surface area contributed by atoms with Crippen molar-refractivity contribution < 1.29 is 9.59 Å². The second-order valence-electron chi connectivity index (χ2n) is 4.40. The van der Waals surface area contributed by atoms with E-state index in [0.29, 0.717) is 39.0 Å². The summed E-state index contributed by atoms with van der Waals surface area (Å²) in [5.41, 5.74) is 1.02. The Morgan fingerprint density at radius 3 is 2.72 bits per heavy atom. The molecule has 1 aliphatic heterocycles. The molecule has 1 aromatic rings. The first kappa shape index (κ1) is 13.0. The monoisotopic (exact) mass is 267 g/mol. The van der Waals surface area contributed by atoms with Gasteiger partial charge in [-0.25, -0.2) is 4.98 Å². The van der Waals surface area contributed by atoms with Gasteiger partial charge in [0.2, 0.25) is 12.3 Å². The minimum absolute atomic E-state index is 0.161. The molecule has 1 aliphatic rings. The van der Waals surface area contributed by atoms with Crippen molar-refractivity contribution in [2.45, 2.75) is 19.8 Å². The Balaban J connectivity index is 1.77. The molecular formula is C12H17N3O2S. The number of nitrogens with zero attached hydrogens (tertiary/aromatic N) is 3. The van der Waals surface area contributed by atoms with Crippen LogP contribution in [-0.4, -0.2) is 53.3 Å². The number of hydrogen-bond acceptors (Lipinski definition) is 4. The van der Waals surface area contributed by atoms with Crippen LogP contribution in [-0.2, 0) is 16.0 Å². The molecule has 0 N–H and O–H groups in total. The lowest BCUT2D eigenvalue weighted by atomic mass is 10.2. The highest BCUT2D eigenvalue weighted by Gasteiger charge is 2.19. The van der Waals surface area contributed by atoms with Gasteiger partial charge >= 0.3 is 0 Å². The highest BCUT2D eigenvalue weighted by atomic mass is 32.1. The standard InChI is InChI=1S/C12H17N3O2S/c1-10-8-18-11(13-10)2-3-12(17)15-6-4-14(9-16)5-7-15/h8-9H,2-7H2,1H3. The fraction of sp³-hybridized carbons (Fsp3) is 0.583. The number of rotatable bonds is 4. The van der Waals surface area contributed by atoms with Gasteiger partial charge in [-0.2, -0.15) is 0 Å². The van der Waals surface area contributed by atoms with Gasteiger partial charge in [0, 0.05) is 50.1 Å². The van der Waals surface area contributed by atoms with E-state index in [1.165, 1.54) is 0 Å². The molecule has 6 heteroatoms. The average Bonchev–Trinajstić information content (AvgIpc) is 2.82. The van der Waals surface area contributed by atoms with Crippen molar-refractivity contribution in [1.29, 1.82) is 0 Å². The predicted molar refractivity (Wildman–Crippen MR) is 69.4 cm³/mol. The van der Waals surface area contributed by atoms with Gasteiger partial charge in [-0.15, -0.1) is 11.3 Å². The van der Waals surface area contributed by atoms with E-state index >= 15 is 0 Å². The van der Waals surface area contributed by atoms with E-state index in [0.717, 1.165) is 17.1 Å². The molecule has 0 radical (unpaired) electrons. The molecule has 2 heterocycles. The molecule has 98 valence electrons. The lowest BCUT2D eigenvalue weighted by Crippen LogP contribution is -2.48. The number of thiazole rings is 1. The summed E-state index contributed by atoms with van der Waals surface area (Å²) in [7, 11) is 0. The number of aryl methyl sites for hydroxylation is 2. The zero-order chi connectivity index (χ0) is 13.0. The molecule has 1 aromatic heterocycles. The van der Waals surface area contributed by atoms with Gasteiger partial charge in [-0.05, 0) is 6.92 Å². The highest BCUT2D eigenvalue weighted by Crippen LogP contribution is 2.12. The van der Waals surface area contributed by atoms with Crippen LogP contribution in [0.2, 0.25) is 0 Å². The number of carbonyl (C=O) groups excluding carboxylic acids is 2. The number of piperazine rings is 1. The zero-order valence-electron chi connectivity index (χ0n) is 10.5. The van der Waals surface area contributed by atoms with Crippen LogP contribution in [0.25, 0.3) is 0 Å². The number of carbonyl (C=O) groups is 2. The number of aromatic nitrogens is 1. The molecular weight excluding hydrogens is 250 g/mol. The predicted octanol–water partition coefficient (Wildman–Crippen LogP) is 0.685. The first-order valence-corrected chi connectivity index (χ1v) is 6.95. The van der Waals surface area contributed by atoms with Gasteiger partial charge in [0.05, 0.1) is 5.01 Å². The molecule has 0 atom stereocenters. The first-order valence-electron chi connectivity index (χ1n) is 6.07. The minimum atomic E-state index is 0.161. The van der Waals surface area contributed by atoms with Crippen molar-refractivity contribution in [3.05, 3.63) is 16.1 Å². The van der Waals surface area contributed by atoms with Crippen LogP contribution >= 0.6 is 11.3 Å². The van der Waals surface area contributed by atoms with Crippen LogP contribution in [0.1, 0.15) is 17.1 Å². The van der Waals surface area contributed by atoms with Gasteiger partial charge in [0.1, 0.15) is 0 Å². The molecule has 1 saturated heterocycles. The Morgan fingerprint density at radius 2 is 2.17 bits per heavy atom. The summed E-state index contributed by atoms with van der Waals surface area (Å²) in [6, 6.07) is 0. The summed E-state index contributed by atoms with van der Waals surface area (Å²) in [6.45, 7) is 4.54. The van der Waals surface area contributed by atoms with Gasteiger partial charge in [0.15, 0.2) is 0 Å². The number of amides is 2. The molecule has 0 aliphatic carbocycles. The Morgan fingerprint density at radius 1 is 1.44 bits per heavy atom. The van der Waals surface area contributed by atoms with Gasteiger partial charge < -0.3 is 9.80 Å². The third kappa shape index (κ3) is 3.29. The summed E-state index contributed by atoms with van der Waals surface area (Å²) in [6.07, 6.45) is 2.07. The van der Waals surface area contributed by atoms with E-state index in [-0.39, 0.29) is 5.91 Å². The fourth-order valence-corrected chi connectivity index (χ4v) is 2.74. The van der Waals surface area contributed by atoms with Crippen LogP contribution in [0.5, 0.6) is 0 Å². The van der Waals surface area contributed by atoms with E-state index in [9.17, 15) is 9.59 Å². The topological polar surface area (TPSA) is 53.5 Å². The Labute approximate surface area is 110 Å². The van der Waals surface area contributed by atoms with Crippen molar-refractivity contribution in [2.24, 2.45) is 0 Å².